The highest BCUT2D eigenvalue weighted by Crippen LogP contribution is 2.28. The molecule has 0 spiro atoms. The molecule has 34 heavy (non-hydrogen) atoms. The number of hydrogen-bond donors (Lipinski definition) is 1. The predicted molar refractivity (Wildman–Crippen MR) is 125 cm³/mol. The Hall–Kier alpha value is -3.88. The Balaban J connectivity index is 1.32. The van der Waals surface area contributed by atoms with Crippen molar-refractivity contribution < 1.29 is 13.6 Å². The second-order valence-electron chi connectivity index (χ2n) is 8.58. The molecule has 0 saturated carbocycles. The number of carbonyl (C=O) groups is 1. The summed E-state index contributed by atoms with van der Waals surface area (Å²) in [6.07, 6.45) is 4.95. The van der Waals surface area contributed by atoms with E-state index in [0.717, 1.165) is 42.3 Å². The van der Waals surface area contributed by atoms with Gasteiger partial charge in [0.25, 0.3) is 0 Å². The number of carbonyl (C=O) groups excluding carboxylic acids is 1. The van der Waals surface area contributed by atoms with Crippen molar-refractivity contribution in [2.75, 3.05) is 18.0 Å². The van der Waals surface area contributed by atoms with Crippen molar-refractivity contribution >= 4 is 22.8 Å². The van der Waals surface area contributed by atoms with Crippen LogP contribution >= 0.6 is 0 Å². The molecule has 3 heterocycles. The lowest BCUT2D eigenvalue weighted by Gasteiger charge is -2.33. The smallest absolute Gasteiger partial charge is 0.225 e. The number of nitrogens with one attached hydrogen (secondary N) is 1. The van der Waals surface area contributed by atoms with E-state index in [2.05, 4.69) is 25.3 Å². The molecule has 1 amide bonds. The zero-order valence-corrected chi connectivity index (χ0v) is 18.7. The van der Waals surface area contributed by atoms with E-state index in [-0.39, 0.29) is 23.9 Å². The predicted octanol–water partition coefficient (Wildman–Crippen LogP) is 3.93. The van der Waals surface area contributed by atoms with E-state index in [0.29, 0.717) is 12.2 Å². The molecule has 5 rings (SSSR count). The van der Waals surface area contributed by atoms with Gasteiger partial charge in [-0.05, 0) is 38.0 Å². The van der Waals surface area contributed by atoms with Gasteiger partial charge in [0.05, 0.1) is 17.0 Å². The maximum absolute atomic E-state index is 13.9. The fourth-order valence-electron chi connectivity index (χ4n) is 4.28. The first-order valence-electron chi connectivity index (χ1n) is 11.2. The molecule has 1 N–H and O–H groups in total. The number of halogens is 2. The molecule has 0 bridgehead atoms. The fraction of sp³-hybridized carbons (Fsp3) is 0.280. The topological polar surface area (TPSA) is 75.9 Å². The number of piperidine rings is 1. The minimum absolute atomic E-state index is 0.0164. The maximum atomic E-state index is 13.9. The van der Waals surface area contributed by atoms with Crippen molar-refractivity contribution in [3.63, 3.8) is 0 Å². The molecule has 1 fully saturated rings. The summed E-state index contributed by atoms with van der Waals surface area (Å²) < 4.78 is 28.8. The van der Waals surface area contributed by atoms with Gasteiger partial charge in [0.15, 0.2) is 5.65 Å². The summed E-state index contributed by atoms with van der Waals surface area (Å²) in [5.41, 5.74) is 2.94. The molecule has 1 aliphatic rings. The van der Waals surface area contributed by atoms with E-state index in [4.69, 9.17) is 0 Å². The van der Waals surface area contributed by atoms with Crippen molar-refractivity contribution in [2.45, 2.75) is 26.3 Å². The number of benzene rings is 2. The second-order valence-corrected chi connectivity index (χ2v) is 8.58. The molecule has 174 valence electrons. The molecular formula is C25H24F2N6O. The SMILES string of the molecule is Cc1ccc(-n2cc3c(N4CCCC(C(=O)NCc5ccc(F)cc5F)C4)ncnc3n2)cc1. The third kappa shape index (κ3) is 4.46. The molecule has 2 aromatic heterocycles. The first-order valence-corrected chi connectivity index (χ1v) is 11.2. The zero-order chi connectivity index (χ0) is 23.7. The van der Waals surface area contributed by atoms with Gasteiger partial charge in [-0.25, -0.2) is 23.4 Å². The molecule has 0 aliphatic carbocycles. The number of aromatic nitrogens is 4. The highest BCUT2D eigenvalue weighted by molar-refractivity contribution is 5.87. The third-order valence-corrected chi connectivity index (χ3v) is 6.15. The maximum Gasteiger partial charge on any atom is 0.225 e. The largest absolute Gasteiger partial charge is 0.355 e. The molecular weight excluding hydrogens is 438 g/mol. The minimum atomic E-state index is -0.667. The molecule has 4 aromatic rings. The Kier molecular flexibility index (Phi) is 5.91. The van der Waals surface area contributed by atoms with E-state index >= 15 is 0 Å². The van der Waals surface area contributed by atoms with Crippen LogP contribution < -0.4 is 10.2 Å². The van der Waals surface area contributed by atoms with E-state index < -0.39 is 11.6 Å². The van der Waals surface area contributed by atoms with Gasteiger partial charge < -0.3 is 10.2 Å². The van der Waals surface area contributed by atoms with Crippen molar-refractivity contribution in [1.82, 2.24) is 25.1 Å². The van der Waals surface area contributed by atoms with Gasteiger partial charge in [-0.15, -0.1) is 5.10 Å². The molecule has 1 unspecified atom stereocenters. The van der Waals surface area contributed by atoms with Crippen LogP contribution in [-0.2, 0) is 11.3 Å². The molecule has 1 aliphatic heterocycles. The van der Waals surface area contributed by atoms with Crippen molar-refractivity contribution in [3.8, 4) is 5.69 Å². The van der Waals surface area contributed by atoms with Crippen LogP contribution in [0.4, 0.5) is 14.6 Å². The monoisotopic (exact) mass is 462 g/mol. The van der Waals surface area contributed by atoms with Gasteiger partial charge in [0.2, 0.25) is 5.91 Å². The molecule has 7 nitrogen and oxygen atoms in total. The number of anilines is 1. The Labute approximate surface area is 195 Å². The van der Waals surface area contributed by atoms with Crippen molar-refractivity contribution in [2.24, 2.45) is 5.92 Å². The van der Waals surface area contributed by atoms with Gasteiger partial charge in [-0.2, -0.15) is 0 Å². The van der Waals surface area contributed by atoms with E-state index in [1.165, 1.54) is 24.0 Å². The van der Waals surface area contributed by atoms with Crippen molar-refractivity contribution in [1.29, 1.82) is 0 Å². The van der Waals surface area contributed by atoms with E-state index in [1.54, 1.807) is 4.68 Å². The summed E-state index contributed by atoms with van der Waals surface area (Å²) in [4.78, 5) is 23.7. The van der Waals surface area contributed by atoms with Gasteiger partial charge in [0, 0.05) is 37.5 Å². The number of nitrogens with zero attached hydrogens (tertiary/aromatic N) is 5. The van der Waals surface area contributed by atoms with Crippen LogP contribution in [0.5, 0.6) is 0 Å². The average molecular weight is 463 g/mol. The van der Waals surface area contributed by atoms with Crippen LogP contribution in [0.2, 0.25) is 0 Å². The van der Waals surface area contributed by atoms with Gasteiger partial charge in [-0.3, -0.25) is 4.79 Å². The number of rotatable bonds is 5. The highest BCUT2D eigenvalue weighted by atomic mass is 19.1. The average Bonchev–Trinajstić information content (AvgIpc) is 3.28. The molecule has 0 radical (unpaired) electrons. The Morgan fingerprint density at radius 2 is 1.97 bits per heavy atom. The lowest BCUT2D eigenvalue weighted by molar-refractivity contribution is -0.125. The van der Waals surface area contributed by atoms with Crippen molar-refractivity contribution in [3.05, 3.63) is 77.8 Å². The number of amides is 1. The standard InChI is InChI=1S/C25H24F2N6O/c1-16-4-8-20(9-5-16)33-14-21-23(31-33)29-15-30-24(21)32-10-2-3-18(13-32)25(34)28-12-17-6-7-19(26)11-22(17)27/h4-9,11,14-15,18H,2-3,10,12-13H2,1H3,(H,28,34). The molecule has 2 aromatic carbocycles. The lowest BCUT2D eigenvalue weighted by atomic mass is 9.97. The van der Waals surface area contributed by atoms with Crippen LogP contribution in [-0.4, -0.2) is 38.7 Å². The third-order valence-electron chi connectivity index (χ3n) is 6.15. The van der Waals surface area contributed by atoms with Crippen LogP contribution in [0.15, 0.2) is 55.0 Å². The second kappa shape index (κ2) is 9.17. The number of aryl methyl sites for hydroxylation is 1. The Morgan fingerprint density at radius 3 is 2.76 bits per heavy atom. The summed E-state index contributed by atoms with van der Waals surface area (Å²) in [6, 6.07) is 11.4. The normalized spacial score (nSPS) is 16.1. The quantitative estimate of drug-likeness (QED) is 0.486. The summed E-state index contributed by atoms with van der Waals surface area (Å²) in [7, 11) is 0. The van der Waals surface area contributed by atoms with Gasteiger partial charge in [0.1, 0.15) is 23.8 Å². The molecule has 1 saturated heterocycles. The van der Waals surface area contributed by atoms with Crippen LogP contribution in [0.1, 0.15) is 24.0 Å². The Morgan fingerprint density at radius 1 is 1.15 bits per heavy atom. The number of fused-ring (bicyclic) bond motifs is 1. The first-order chi connectivity index (χ1) is 16.5. The zero-order valence-electron chi connectivity index (χ0n) is 18.7. The lowest BCUT2D eigenvalue weighted by Crippen LogP contribution is -2.43. The first kappa shape index (κ1) is 21.9. The van der Waals surface area contributed by atoms with Gasteiger partial charge in [-0.1, -0.05) is 23.8 Å². The fourth-order valence-corrected chi connectivity index (χ4v) is 4.28. The van der Waals surface area contributed by atoms with E-state index in [1.807, 2.05) is 37.4 Å². The summed E-state index contributed by atoms with van der Waals surface area (Å²) >= 11 is 0. The van der Waals surface area contributed by atoms with Crippen LogP contribution in [0.25, 0.3) is 16.7 Å². The highest BCUT2D eigenvalue weighted by Gasteiger charge is 2.28. The minimum Gasteiger partial charge on any atom is -0.355 e. The van der Waals surface area contributed by atoms with E-state index in [9.17, 15) is 13.6 Å². The summed E-state index contributed by atoms with van der Waals surface area (Å²) in [6.45, 7) is 3.30. The molecule has 1 atom stereocenters. The summed E-state index contributed by atoms with van der Waals surface area (Å²) in [5.74, 6) is -0.995. The Bertz CT molecular complexity index is 1340. The number of hydrogen-bond acceptors (Lipinski definition) is 5. The van der Waals surface area contributed by atoms with Gasteiger partial charge >= 0.3 is 0 Å². The molecule has 9 heteroatoms. The van der Waals surface area contributed by atoms with Crippen LogP contribution in [0.3, 0.4) is 0 Å². The van der Waals surface area contributed by atoms with Crippen LogP contribution in [0, 0.1) is 24.5 Å². The summed E-state index contributed by atoms with van der Waals surface area (Å²) in [5, 5.41) is 8.21.